The van der Waals surface area contributed by atoms with E-state index in [1.54, 1.807) is 18.2 Å². The van der Waals surface area contributed by atoms with Crippen molar-refractivity contribution < 1.29 is 29.1 Å². The van der Waals surface area contributed by atoms with E-state index in [0.29, 0.717) is 23.6 Å². The third-order valence-electron chi connectivity index (χ3n) is 5.40. The Balaban J connectivity index is 2.17. The van der Waals surface area contributed by atoms with Crippen molar-refractivity contribution in [3.05, 3.63) is 69.3 Å². The highest BCUT2D eigenvalue weighted by Crippen LogP contribution is 2.41. The number of nitro groups is 1. The molecule has 10 heteroatoms. The van der Waals surface area contributed by atoms with E-state index in [-0.39, 0.29) is 23.4 Å². The predicted octanol–water partition coefficient (Wildman–Crippen LogP) is 2.60. The summed E-state index contributed by atoms with van der Waals surface area (Å²) in [6.45, 7) is 0.738. The molecule has 1 aliphatic rings. The van der Waals surface area contributed by atoms with E-state index in [9.17, 15) is 24.8 Å². The first-order chi connectivity index (χ1) is 15.7. The molecule has 0 spiro atoms. The molecule has 1 aliphatic heterocycles. The van der Waals surface area contributed by atoms with Crippen LogP contribution in [0.5, 0.6) is 11.5 Å². The second kappa shape index (κ2) is 9.70. The van der Waals surface area contributed by atoms with Crippen molar-refractivity contribution >= 4 is 23.1 Å². The van der Waals surface area contributed by atoms with Crippen LogP contribution in [0.1, 0.15) is 17.2 Å². The third-order valence-corrected chi connectivity index (χ3v) is 5.40. The molecule has 3 rings (SSSR count). The number of aliphatic hydroxyl groups is 1. The lowest BCUT2D eigenvalue weighted by Gasteiger charge is -2.27. The van der Waals surface area contributed by atoms with Gasteiger partial charge < -0.3 is 24.4 Å². The van der Waals surface area contributed by atoms with Crippen molar-refractivity contribution in [3.8, 4) is 11.5 Å². The molecule has 1 heterocycles. The Morgan fingerprint density at radius 2 is 1.73 bits per heavy atom. The highest BCUT2D eigenvalue weighted by atomic mass is 16.6. The highest BCUT2D eigenvalue weighted by molar-refractivity contribution is 6.46. The molecule has 2 aromatic rings. The van der Waals surface area contributed by atoms with Gasteiger partial charge in [-0.05, 0) is 43.9 Å². The largest absolute Gasteiger partial charge is 0.507 e. The maximum absolute atomic E-state index is 13.0. The van der Waals surface area contributed by atoms with E-state index in [4.69, 9.17) is 9.47 Å². The van der Waals surface area contributed by atoms with Crippen molar-refractivity contribution in [1.29, 1.82) is 0 Å². The fraction of sp³-hybridized carbons (Fsp3) is 0.304. The number of likely N-dealkylation sites (N-methyl/N-ethyl adjacent to an activating group) is 1. The summed E-state index contributed by atoms with van der Waals surface area (Å²) in [7, 11) is 6.66. The Hall–Kier alpha value is -3.92. The van der Waals surface area contributed by atoms with Crippen LogP contribution in [0.4, 0.5) is 5.69 Å². The summed E-state index contributed by atoms with van der Waals surface area (Å²) >= 11 is 0. The predicted molar refractivity (Wildman–Crippen MR) is 120 cm³/mol. The number of nitrogens with zero attached hydrogens (tertiary/aromatic N) is 3. The van der Waals surface area contributed by atoms with E-state index in [0.717, 1.165) is 0 Å². The first-order valence-corrected chi connectivity index (χ1v) is 10.1. The van der Waals surface area contributed by atoms with Gasteiger partial charge in [0.05, 0.1) is 30.8 Å². The van der Waals surface area contributed by atoms with Crippen molar-refractivity contribution in [2.75, 3.05) is 41.4 Å². The smallest absolute Gasteiger partial charge is 0.295 e. The number of ether oxygens (including phenoxy) is 2. The highest BCUT2D eigenvalue weighted by Gasteiger charge is 2.46. The minimum Gasteiger partial charge on any atom is -0.507 e. The van der Waals surface area contributed by atoms with Gasteiger partial charge >= 0.3 is 0 Å². The molecule has 2 aromatic carbocycles. The van der Waals surface area contributed by atoms with E-state index < -0.39 is 28.4 Å². The van der Waals surface area contributed by atoms with Gasteiger partial charge in [0.1, 0.15) is 5.76 Å². The molecule has 1 atom stereocenters. The molecule has 0 aromatic heterocycles. The van der Waals surface area contributed by atoms with Crippen LogP contribution in [0, 0.1) is 10.1 Å². The minimum atomic E-state index is -0.875. The van der Waals surface area contributed by atoms with Gasteiger partial charge in [-0.2, -0.15) is 0 Å². The number of nitro benzene ring substituents is 1. The molecular weight excluding hydrogens is 430 g/mol. The van der Waals surface area contributed by atoms with Gasteiger partial charge in [0.15, 0.2) is 11.5 Å². The van der Waals surface area contributed by atoms with Crippen LogP contribution in [-0.4, -0.2) is 72.9 Å². The molecule has 0 aliphatic carbocycles. The lowest BCUT2D eigenvalue weighted by atomic mass is 9.95. The lowest BCUT2D eigenvalue weighted by Crippen LogP contribution is -2.35. The Morgan fingerprint density at radius 3 is 2.27 bits per heavy atom. The topological polar surface area (TPSA) is 122 Å². The number of amides is 1. The molecule has 33 heavy (non-hydrogen) atoms. The molecule has 10 nitrogen and oxygen atoms in total. The van der Waals surface area contributed by atoms with Crippen LogP contribution >= 0.6 is 0 Å². The average Bonchev–Trinajstić information content (AvgIpc) is 3.06. The summed E-state index contributed by atoms with van der Waals surface area (Å²) in [5.74, 6) is -1.09. The molecule has 1 saturated heterocycles. The fourth-order valence-corrected chi connectivity index (χ4v) is 3.68. The molecule has 174 valence electrons. The summed E-state index contributed by atoms with van der Waals surface area (Å²) < 4.78 is 10.7. The number of aliphatic hydroxyl groups excluding tert-OH is 1. The quantitative estimate of drug-likeness (QED) is 0.212. The van der Waals surface area contributed by atoms with Gasteiger partial charge in [-0.15, -0.1) is 0 Å². The Kier molecular flexibility index (Phi) is 6.98. The number of carbonyl (C=O) groups excluding carboxylic acids is 2. The van der Waals surface area contributed by atoms with Gasteiger partial charge in [-0.3, -0.25) is 19.7 Å². The number of hydrogen-bond donors (Lipinski definition) is 1. The molecule has 0 saturated carbocycles. The van der Waals surface area contributed by atoms with Crippen LogP contribution in [0.2, 0.25) is 0 Å². The molecule has 0 bridgehead atoms. The summed E-state index contributed by atoms with van der Waals surface area (Å²) in [4.78, 5) is 39.6. The Labute approximate surface area is 190 Å². The maximum atomic E-state index is 13.0. The van der Waals surface area contributed by atoms with Crippen molar-refractivity contribution in [3.63, 3.8) is 0 Å². The third kappa shape index (κ3) is 4.65. The number of benzene rings is 2. The maximum Gasteiger partial charge on any atom is 0.295 e. The van der Waals surface area contributed by atoms with E-state index >= 15 is 0 Å². The first-order valence-electron chi connectivity index (χ1n) is 10.1. The summed E-state index contributed by atoms with van der Waals surface area (Å²) in [6, 6.07) is 9.26. The van der Waals surface area contributed by atoms with Gasteiger partial charge in [-0.25, -0.2) is 0 Å². The number of methoxy groups -OCH3 is 2. The molecule has 1 unspecified atom stereocenters. The monoisotopic (exact) mass is 455 g/mol. The zero-order valence-corrected chi connectivity index (χ0v) is 18.8. The number of Topliss-reactive ketones (excluding diaryl/α,β-unsaturated/α-hetero) is 1. The number of rotatable bonds is 8. The Morgan fingerprint density at radius 1 is 1.09 bits per heavy atom. The standard InChI is InChI=1S/C23H25N3O7/c1-24(2)11-12-25-20(15-7-10-17(32-3)18(13-15)33-4)19(22(28)23(25)29)21(27)14-5-8-16(9-6-14)26(30)31/h5-10,13,20,27H,11-12H2,1-4H3/b21-19-. The van der Waals surface area contributed by atoms with E-state index in [1.807, 2.05) is 19.0 Å². The first kappa shape index (κ1) is 23.7. The number of non-ortho nitro benzene ring substituents is 1. The van der Waals surface area contributed by atoms with E-state index in [1.165, 1.54) is 43.4 Å². The lowest BCUT2D eigenvalue weighted by molar-refractivity contribution is -0.384. The van der Waals surface area contributed by atoms with E-state index in [2.05, 4.69) is 0 Å². The SMILES string of the molecule is COc1ccc(C2/C(=C(/O)c3ccc([N+](=O)[O-])cc3)C(=O)C(=O)N2CCN(C)C)cc1OC. The normalized spacial score (nSPS) is 17.5. The molecule has 1 amide bonds. The fourth-order valence-electron chi connectivity index (χ4n) is 3.68. The Bertz CT molecular complexity index is 1110. The summed E-state index contributed by atoms with van der Waals surface area (Å²) in [5, 5.41) is 22.0. The minimum absolute atomic E-state index is 0.0974. The molecule has 1 fully saturated rings. The zero-order valence-electron chi connectivity index (χ0n) is 18.8. The number of ketones is 1. The average molecular weight is 455 g/mol. The van der Waals surface area contributed by atoms with Crippen LogP contribution in [0.3, 0.4) is 0 Å². The second-order valence-electron chi connectivity index (χ2n) is 7.71. The number of hydrogen-bond acceptors (Lipinski definition) is 8. The number of carbonyl (C=O) groups is 2. The molecule has 0 radical (unpaired) electrons. The van der Waals surface area contributed by atoms with Gasteiger partial charge in [0, 0.05) is 30.8 Å². The van der Waals surface area contributed by atoms with Gasteiger partial charge in [-0.1, -0.05) is 6.07 Å². The molecule has 1 N–H and O–H groups in total. The second-order valence-corrected chi connectivity index (χ2v) is 7.71. The van der Waals surface area contributed by atoms with Gasteiger partial charge in [0.25, 0.3) is 17.4 Å². The van der Waals surface area contributed by atoms with Crippen LogP contribution in [-0.2, 0) is 9.59 Å². The van der Waals surface area contributed by atoms with Crippen molar-refractivity contribution in [2.24, 2.45) is 0 Å². The van der Waals surface area contributed by atoms with Crippen molar-refractivity contribution in [2.45, 2.75) is 6.04 Å². The zero-order chi connectivity index (χ0) is 24.3. The van der Waals surface area contributed by atoms with Gasteiger partial charge in [0.2, 0.25) is 0 Å². The molecular formula is C23H25N3O7. The van der Waals surface area contributed by atoms with Crippen molar-refractivity contribution in [1.82, 2.24) is 9.80 Å². The summed E-state index contributed by atoms with van der Waals surface area (Å²) in [5.41, 5.74) is 0.486. The van der Waals surface area contributed by atoms with Crippen LogP contribution < -0.4 is 9.47 Å². The van der Waals surface area contributed by atoms with Crippen LogP contribution in [0.15, 0.2) is 48.0 Å². The summed E-state index contributed by atoms with van der Waals surface area (Å²) in [6.07, 6.45) is 0. The van der Waals surface area contributed by atoms with Crippen LogP contribution in [0.25, 0.3) is 5.76 Å². The number of likely N-dealkylation sites (tertiary alicyclic amines) is 1.